The van der Waals surface area contributed by atoms with E-state index in [9.17, 15) is 13.2 Å². The summed E-state index contributed by atoms with van der Waals surface area (Å²) in [5, 5.41) is -0.266. The molecule has 0 saturated carbocycles. The summed E-state index contributed by atoms with van der Waals surface area (Å²) >= 11 is 0. The molecule has 4 aromatic rings. The third-order valence-corrected chi connectivity index (χ3v) is 6.46. The lowest BCUT2D eigenvalue weighted by molar-refractivity contribution is 0.0679. The topological polar surface area (TPSA) is 80.7 Å². The van der Waals surface area contributed by atoms with Crippen molar-refractivity contribution in [3.05, 3.63) is 108 Å². The molecule has 0 aliphatic heterocycles. The minimum Gasteiger partial charge on any atom is -0.467 e. The van der Waals surface area contributed by atoms with Gasteiger partial charge in [0.1, 0.15) is 5.76 Å². The van der Waals surface area contributed by atoms with Crippen LogP contribution in [0.1, 0.15) is 27.4 Å². The van der Waals surface area contributed by atoms with Crippen LogP contribution in [0.25, 0.3) is 0 Å². The number of carbonyl (C=O) groups excluding carboxylic acids is 1. The van der Waals surface area contributed by atoms with Gasteiger partial charge >= 0.3 is 0 Å². The van der Waals surface area contributed by atoms with Gasteiger partial charge in [0.15, 0.2) is 5.76 Å². The number of amides is 1. The maximum absolute atomic E-state index is 13.2. The first-order valence-electron chi connectivity index (χ1n) is 9.71. The number of benzene rings is 2. The Morgan fingerprint density at radius 1 is 0.871 bits per heavy atom. The number of sulfone groups is 1. The Morgan fingerprint density at radius 3 is 2.29 bits per heavy atom. The summed E-state index contributed by atoms with van der Waals surface area (Å²) in [5.74, 6) is 0.141. The maximum Gasteiger partial charge on any atom is 0.290 e. The standard InChI is InChI=1S/C24H21NO5S/c1-18-9-11-21(12-10-18)31(27,28)23-14-13-22(30-23)24(26)25(17-20-8-5-15-29-20)16-19-6-3-2-4-7-19/h2-15H,16-17H2,1H3. The minimum absolute atomic E-state index is 0.0480. The highest BCUT2D eigenvalue weighted by Crippen LogP contribution is 2.24. The molecule has 2 aromatic heterocycles. The lowest BCUT2D eigenvalue weighted by atomic mass is 10.2. The van der Waals surface area contributed by atoms with Crippen molar-refractivity contribution in [2.75, 3.05) is 0 Å². The quantitative estimate of drug-likeness (QED) is 0.414. The van der Waals surface area contributed by atoms with Crippen molar-refractivity contribution >= 4 is 15.7 Å². The molecule has 2 aromatic carbocycles. The average Bonchev–Trinajstić information content (AvgIpc) is 3.46. The summed E-state index contributed by atoms with van der Waals surface area (Å²) in [6, 6.07) is 22.2. The molecular weight excluding hydrogens is 414 g/mol. The molecule has 7 heteroatoms. The number of aryl methyl sites for hydroxylation is 1. The van der Waals surface area contributed by atoms with Crippen LogP contribution in [0.5, 0.6) is 0 Å². The average molecular weight is 436 g/mol. The monoisotopic (exact) mass is 435 g/mol. The summed E-state index contributed by atoms with van der Waals surface area (Å²) < 4.78 is 36.6. The Hall–Kier alpha value is -3.58. The van der Waals surface area contributed by atoms with Gasteiger partial charge < -0.3 is 13.7 Å². The predicted molar refractivity (Wildman–Crippen MR) is 114 cm³/mol. The molecule has 0 aliphatic rings. The molecule has 0 saturated heterocycles. The van der Waals surface area contributed by atoms with Crippen LogP contribution in [0.4, 0.5) is 0 Å². The fourth-order valence-corrected chi connectivity index (χ4v) is 4.34. The van der Waals surface area contributed by atoms with Gasteiger partial charge in [-0.25, -0.2) is 8.42 Å². The van der Waals surface area contributed by atoms with Crippen LogP contribution in [0, 0.1) is 6.92 Å². The number of hydrogen-bond donors (Lipinski definition) is 0. The minimum atomic E-state index is -3.86. The van der Waals surface area contributed by atoms with E-state index in [4.69, 9.17) is 8.83 Å². The lowest BCUT2D eigenvalue weighted by Gasteiger charge is -2.20. The third-order valence-electron chi connectivity index (χ3n) is 4.82. The first kappa shape index (κ1) is 20.7. The summed E-state index contributed by atoms with van der Waals surface area (Å²) in [7, 11) is -3.86. The third kappa shape index (κ3) is 4.62. The Morgan fingerprint density at radius 2 is 1.61 bits per heavy atom. The molecule has 0 spiro atoms. The summed E-state index contributed by atoms with van der Waals surface area (Å²) in [6.07, 6.45) is 1.54. The zero-order valence-corrected chi connectivity index (χ0v) is 17.7. The molecule has 158 valence electrons. The summed E-state index contributed by atoms with van der Waals surface area (Å²) in [4.78, 5) is 14.9. The van der Waals surface area contributed by atoms with Crippen LogP contribution in [-0.2, 0) is 22.9 Å². The molecular formula is C24H21NO5S. The van der Waals surface area contributed by atoms with E-state index in [-0.39, 0.29) is 22.3 Å². The van der Waals surface area contributed by atoms with Crippen molar-refractivity contribution in [2.45, 2.75) is 30.0 Å². The molecule has 2 heterocycles. The van der Waals surface area contributed by atoms with Gasteiger partial charge in [-0.1, -0.05) is 48.0 Å². The second kappa shape index (κ2) is 8.65. The predicted octanol–water partition coefficient (Wildman–Crippen LogP) is 4.86. The second-order valence-electron chi connectivity index (χ2n) is 7.16. The number of hydrogen-bond acceptors (Lipinski definition) is 5. The highest BCUT2D eigenvalue weighted by atomic mass is 32.2. The molecule has 0 N–H and O–H groups in total. The van der Waals surface area contributed by atoms with E-state index in [1.54, 1.807) is 35.4 Å². The van der Waals surface area contributed by atoms with Crippen molar-refractivity contribution < 1.29 is 22.0 Å². The van der Waals surface area contributed by atoms with E-state index >= 15 is 0 Å². The maximum atomic E-state index is 13.2. The highest BCUT2D eigenvalue weighted by Gasteiger charge is 2.26. The molecule has 6 nitrogen and oxygen atoms in total. The van der Waals surface area contributed by atoms with E-state index in [1.807, 2.05) is 37.3 Å². The van der Waals surface area contributed by atoms with E-state index < -0.39 is 15.7 Å². The molecule has 31 heavy (non-hydrogen) atoms. The van der Waals surface area contributed by atoms with Crippen LogP contribution in [-0.4, -0.2) is 19.2 Å². The van der Waals surface area contributed by atoms with Crippen molar-refractivity contribution in [1.82, 2.24) is 4.90 Å². The van der Waals surface area contributed by atoms with Gasteiger partial charge in [0.05, 0.1) is 17.7 Å². The Kier molecular flexibility index (Phi) is 5.77. The normalized spacial score (nSPS) is 11.4. The molecule has 0 atom stereocenters. The van der Waals surface area contributed by atoms with Gasteiger partial charge in [0.25, 0.3) is 5.91 Å². The molecule has 1 amide bonds. The van der Waals surface area contributed by atoms with Crippen molar-refractivity contribution in [1.29, 1.82) is 0 Å². The van der Waals surface area contributed by atoms with Gasteiger partial charge in [-0.15, -0.1) is 0 Å². The van der Waals surface area contributed by atoms with Crippen LogP contribution in [0.2, 0.25) is 0 Å². The smallest absolute Gasteiger partial charge is 0.290 e. The molecule has 0 radical (unpaired) electrons. The summed E-state index contributed by atoms with van der Waals surface area (Å²) in [5.41, 5.74) is 1.88. The van der Waals surface area contributed by atoms with Gasteiger partial charge in [-0.05, 0) is 48.9 Å². The van der Waals surface area contributed by atoms with E-state index in [1.165, 1.54) is 24.3 Å². The Balaban J connectivity index is 1.61. The van der Waals surface area contributed by atoms with E-state index in [0.29, 0.717) is 12.3 Å². The van der Waals surface area contributed by atoms with Gasteiger partial charge in [-0.3, -0.25) is 4.79 Å². The van der Waals surface area contributed by atoms with Crippen molar-refractivity contribution in [2.24, 2.45) is 0 Å². The number of rotatable bonds is 7. The van der Waals surface area contributed by atoms with E-state index in [2.05, 4.69) is 0 Å². The van der Waals surface area contributed by atoms with Gasteiger partial charge in [0.2, 0.25) is 14.9 Å². The van der Waals surface area contributed by atoms with Crippen LogP contribution < -0.4 is 0 Å². The van der Waals surface area contributed by atoms with Crippen LogP contribution >= 0.6 is 0 Å². The zero-order chi connectivity index (χ0) is 21.8. The van der Waals surface area contributed by atoms with Crippen LogP contribution in [0.3, 0.4) is 0 Å². The number of furan rings is 2. The van der Waals surface area contributed by atoms with Crippen LogP contribution in [0.15, 0.2) is 104 Å². The first-order chi connectivity index (χ1) is 14.9. The zero-order valence-electron chi connectivity index (χ0n) is 16.9. The van der Waals surface area contributed by atoms with Gasteiger partial charge in [0, 0.05) is 6.54 Å². The number of carbonyl (C=O) groups is 1. The second-order valence-corrected chi connectivity index (χ2v) is 9.04. The largest absolute Gasteiger partial charge is 0.467 e. The lowest BCUT2D eigenvalue weighted by Crippen LogP contribution is -2.29. The Labute approximate surface area is 180 Å². The Bertz CT molecular complexity index is 1260. The fourth-order valence-electron chi connectivity index (χ4n) is 3.16. The molecule has 4 rings (SSSR count). The first-order valence-corrected chi connectivity index (χ1v) is 11.2. The molecule has 0 aliphatic carbocycles. The SMILES string of the molecule is Cc1ccc(S(=O)(=O)c2ccc(C(=O)N(Cc3ccccc3)Cc3ccco3)o2)cc1. The highest BCUT2D eigenvalue weighted by molar-refractivity contribution is 7.91. The summed E-state index contributed by atoms with van der Waals surface area (Å²) in [6.45, 7) is 2.42. The molecule has 0 bridgehead atoms. The molecule has 0 unspecified atom stereocenters. The fraction of sp³-hybridized carbons (Fsp3) is 0.125. The van der Waals surface area contributed by atoms with E-state index in [0.717, 1.165) is 11.1 Å². The molecule has 0 fully saturated rings. The van der Waals surface area contributed by atoms with Gasteiger partial charge in [-0.2, -0.15) is 0 Å². The number of nitrogens with zero attached hydrogens (tertiary/aromatic N) is 1. The van der Waals surface area contributed by atoms with Crippen molar-refractivity contribution in [3.63, 3.8) is 0 Å². The van der Waals surface area contributed by atoms with Crippen molar-refractivity contribution in [3.8, 4) is 0 Å².